The Balaban J connectivity index is 0.00000576. The van der Waals surface area contributed by atoms with Gasteiger partial charge in [0.05, 0.1) is 6.54 Å². The summed E-state index contributed by atoms with van der Waals surface area (Å²) in [5.74, 6) is 1.74. The Morgan fingerprint density at radius 2 is 1.84 bits per heavy atom. The van der Waals surface area contributed by atoms with Crippen LogP contribution in [0.25, 0.3) is 0 Å². The van der Waals surface area contributed by atoms with Crippen molar-refractivity contribution in [2.24, 2.45) is 4.99 Å². The average molecular weight is 462 g/mol. The van der Waals surface area contributed by atoms with Gasteiger partial charge in [0.2, 0.25) is 0 Å². The van der Waals surface area contributed by atoms with Crippen molar-refractivity contribution < 1.29 is 4.74 Å². The zero-order chi connectivity index (χ0) is 18.0. The van der Waals surface area contributed by atoms with E-state index in [1.807, 2.05) is 18.2 Å². The van der Waals surface area contributed by atoms with Gasteiger partial charge in [0.1, 0.15) is 11.4 Å². The summed E-state index contributed by atoms with van der Waals surface area (Å²) >= 11 is 0. The molecule has 6 heteroatoms. The number of nitrogens with one attached hydrogen (secondary N) is 2. The minimum atomic E-state index is -0.215. The van der Waals surface area contributed by atoms with Crippen LogP contribution in [0.5, 0.6) is 5.75 Å². The maximum absolute atomic E-state index is 6.04. The normalized spacial score (nSPS) is 11.9. The van der Waals surface area contributed by atoms with Gasteiger partial charge in [0.25, 0.3) is 0 Å². The molecule has 0 amide bonds. The third-order valence-electron chi connectivity index (χ3n) is 3.47. The smallest absolute Gasteiger partial charge is 0.191 e. The van der Waals surface area contributed by atoms with Crippen molar-refractivity contribution in [1.82, 2.24) is 15.5 Å². The maximum Gasteiger partial charge on any atom is 0.191 e. The molecule has 0 heterocycles. The molecule has 144 valence electrons. The second kappa shape index (κ2) is 12.4. The predicted molar refractivity (Wildman–Crippen MR) is 118 cm³/mol. The zero-order valence-corrected chi connectivity index (χ0v) is 18.9. The molecule has 0 saturated carbocycles. The first-order chi connectivity index (χ1) is 11.4. The number of halogens is 1. The van der Waals surface area contributed by atoms with Gasteiger partial charge in [-0.1, -0.05) is 25.1 Å². The van der Waals surface area contributed by atoms with Crippen LogP contribution in [0.4, 0.5) is 0 Å². The molecule has 5 nitrogen and oxygen atoms in total. The SMILES string of the molecule is CCNC(=NCc1ccccc1OC(C)(C)C)NCCN(C)CC.I. The lowest BCUT2D eigenvalue weighted by Gasteiger charge is -2.23. The molecule has 0 aliphatic carbocycles. The fraction of sp³-hybridized carbons (Fsp3) is 0.632. The van der Waals surface area contributed by atoms with E-state index in [0.717, 1.165) is 43.5 Å². The monoisotopic (exact) mass is 462 g/mol. The van der Waals surface area contributed by atoms with Crippen LogP contribution in [-0.4, -0.2) is 49.7 Å². The van der Waals surface area contributed by atoms with Crippen LogP contribution in [-0.2, 0) is 6.54 Å². The number of ether oxygens (including phenoxy) is 1. The van der Waals surface area contributed by atoms with Crippen LogP contribution in [0.2, 0.25) is 0 Å². The van der Waals surface area contributed by atoms with E-state index in [1.54, 1.807) is 0 Å². The molecule has 0 unspecified atom stereocenters. The van der Waals surface area contributed by atoms with Crippen LogP contribution >= 0.6 is 24.0 Å². The molecule has 0 saturated heterocycles. The highest BCUT2D eigenvalue weighted by Crippen LogP contribution is 2.23. The number of aliphatic imine (C=N–C) groups is 1. The molecule has 0 aromatic heterocycles. The molecule has 0 bridgehead atoms. The van der Waals surface area contributed by atoms with Gasteiger partial charge in [-0.05, 0) is 47.4 Å². The van der Waals surface area contributed by atoms with Crippen molar-refractivity contribution >= 4 is 29.9 Å². The quantitative estimate of drug-likeness (QED) is 0.353. The molecule has 0 spiro atoms. The molecule has 0 atom stereocenters. The summed E-state index contributed by atoms with van der Waals surface area (Å²) in [4.78, 5) is 6.96. The zero-order valence-electron chi connectivity index (χ0n) is 16.6. The van der Waals surface area contributed by atoms with Crippen molar-refractivity contribution in [3.63, 3.8) is 0 Å². The highest BCUT2D eigenvalue weighted by Gasteiger charge is 2.14. The van der Waals surface area contributed by atoms with Gasteiger partial charge in [0, 0.05) is 25.2 Å². The largest absolute Gasteiger partial charge is 0.488 e. The lowest BCUT2D eigenvalue weighted by molar-refractivity contribution is 0.129. The van der Waals surface area contributed by atoms with E-state index < -0.39 is 0 Å². The van der Waals surface area contributed by atoms with Crippen molar-refractivity contribution in [2.75, 3.05) is 33.2 Å². The number of rotatable bonds is 8. The Labute approximate surface area is 170 Å². The maximum atomic E-state index is 6.04. The molecule has 1 aromatic carbocycles. The molecule has 0 aliphatic heterocycles. The number of benzene rings is 1. The minimum absolute atomic E-state index is 0. The van der Waals surface area contributed by atoms with E-state index in [0.29, 0.717) is 6.54 Å². The minimum Gasteiger partial charge on any atom is -0.488 e. The number of para-hydroxylation sites is 1. The first-order valence-electron chi connectivity index (χ1n) is 8.83. The molecule has 25 heavy (non-hydrogen) atoms. The van der Waals surface area contributed by atoms with Crippen LogP contribution < -0.4 is 15.4 Å². The Kier molecular flexibility index (Phi) is 11.8. The van der Waals surface area contributed by atoms with Gasteiger partial charge < -0.3 is 20.3 Å². The summed E-state index contributed by atoms with van der Waals surface area (Å²) in [5.41, 5.74) is 0.878. The Bertz CT molecular complexity index is 514. The van der Waals surface area contributed by atoms with Gasteiger partial charge in [-0.3, -0.25) is 0 Å². The molecule has 0 radical (unpaired) electrons. The lowest BCUT2D eigenvalue weighted by atomic mass is 10.1. The molecular weight excluding hydrogens is 427 g/mol. The summed E-state index contributed by atoms with van der Waals surface area (Å²) in [6.45, 7) is 14.8. The molecular formula is C19H35IN4O. The van der Waals surface area contributed by atoms with Crippen LogP contribution in [0, 0.1) is 0 Å². The molecule has 2 N–H and O–H groups in total. The number of hydrogen-bond acceptors (Lipinski definition) is 3. The van der Waals surface area contributed by atoms with E-state index in [4.69, 9.17) is 9.73 Å². The summed E-state index contributed by atoms with van der Waals surface area (Å²) in [7, 11) is 2.12. The number of guanidine groups is 1. The van der Waals surface area contributed by atoms with E-state index in [2.05, 4.69) is 63.3 Å². The van der Waals surface area contributed by atoms with Gasteiger partial charge in [-0.25, -0.2) is 4.99 Å². The first kappa shape index (κ1) is 24.0. The van der Waals surface area contributed by atoms with Gasteiger partial charge in [0.15, 0.2) is 5.96 Å². The molecule has 0 aliphatic rings. The summed E-state index contributed by atoms with van der Waals surface area (Å²) in [5, 5.41) is 6.67. The van der Waals surface area contributed by atoms with Crippen LogP contribution in [0.15, 0.2) is 29.3 Å². The highest BCUT2D eigenvalue weighted by atomic mass is 127. The van der Waals surface area contributed by atoms with Gasteiger partial charge in [-0.2, -0.15) is 0 Å². The Hall–Kier alpha value is -1.02. The summed E-state index contributed by atoms with van der Waals surface area (Å²) < 4.78 is 6.04. The topological polar surface area (TPSA) is 48.9 Å². The van der Waals surface area contributed by atoms with Crippen molar-refractivity contribution in [3.05, 3.63) is 29.8 Å². The van der Waals surface area contributed by atoms with E-state index in [-0.39, 0.29) is 29.6 Å². The summed E-state index contributed by atoms with van der Waals surface area (Å²) in [6, 6.07) is 8.10. The van der Waals surface area contributed by atoms with Crippen molar-refractivity contribution in [2.45, 2.75) is 46.8 Å². The van der Waals surface area contributed by atoms with Crippen molar-refractivity contribution in [3.8, 4) is 5.75 Å². The average Bonchev–Trinajstić information content (AvgIpc) is 2.52. The molecule has 1 rings (SSSR count). The second-order valence-electron chi connectivity index (χ2n) is 6.84. The van der Waals surface area contributed by atoms with Crippen molar-refractivity contribution in [1.29, 1.82) is 0 Å². The first-order valence-corrected chi connectivity index (χ1v) is 8.83. The third kappa shape index (κ3) is 10.5. The Morgan fingerprint density at radius 1 is 1.16 bits per heavy atom. The fourth-order valence-corrected chi connectivity index (χ4v) is 2.09. The second-order valence-corrected chi connectivity index (χ2v) is 6.84. The Morgan fingerprint density at radius 3 is 2.44 bits per heavy atom. The number of nitrogens with zero attached hydrogens (tertiary/aromatic N) is 2. The van der Waals surface area contributed by atoms with E-state index in [1.165, 1.54) is 0 Å². The fourth-order valence-electron chi connectivity index (χ4n) is 2.09. The van der Waals surface area contributed by atoms with E-state index >= 15 is 0 Å². The van der Waals surface area contributed by atoms with Gasteiger partial charge >= 0.3 is 0 Å². The molecule has 1 aromatic rings. The lowest BCUT2D eigenvalue weighted by Crippen LogP contribution is -2.40. The molecule has 0 fully saturated rings. The van der Waals surface area contributed by atoms with Crippen LogP contribution in [0.1, 0.15) is 40.2 Å². The number of hydrogen-bond donors (Lipinski definition) is 2. The summed E-state index contributed by atoms with van der Waals surface area (Å²) in [6.07, 6.45) is 0. The standard InChI is InChI=1S/C19H34N4O.HI/c1-7-20-18(21-13-14-23(6)8-2)22-15-16-11-9-10-12-17(16)24-19(3,4)5;/h9-12H,7-8,13-15H2,1-6H3,(H2,20,21,22);1H. The highest BCUT2D eigenvalue weighted by molar-refractivity contribution is 14.0. The third-order valence-corrected chi connectivity index (χ3v) is 3.47. The predicted octanol–water partition coefficient (Wildman–Crippen LogP) is 3.49. The number of likely N-dealkylation sites (N-methyl/N-ethyl adjacent to an activating group) is 1. The van der Waals surface area contributed by atoms with Crippen LogP contribution in [0.3, 0.4) is 0 Å². The van der Waals surface area contributed by atoms with E-state index in [9.17, 15) is 0 Å². The van der Waals surface area contributed by atoms with Gasteiger partial charge in [-0.15, -0.1) is 24.0 Å².